The van der Waals surface area contributed by atoms with E-state index in [9.17, 15) is 9.90 Å². The van der Waals surface area contributed by atoms with E-state index in [4.69, 9.17) is 18.9 Å². The van der Waals surface area contributed by atoms with Crippen molar-refractivity contribution in [2.45, 2.75) is 19.1 Å². The smallest absolute Gasteiger partial charge is 0.343 e. The second kappa shape index (κ2) is 7.03. The molecule has 2 aromatic carbocycles. The Morgan fingerprint density at radius 3 is 2.44 bits per heavy atom. The summed E-state index contributed by atoms with van der Waals surface area (Å²) in [4.78, 5) is 12.3. The summed E-state index contributed by atoms with van der Waals surface area (Å²) in [6, 6.07) is 10.3. The minimum atomic E-state index is -1.02. The van der Waals surface area contributed by atoms with Crippen LogP contribution in [0.3, 0.4) is 0 Å². The lowest BCUT2D eigenvalue weighted by molar-refractivity contribution is -0.0103. The number of rotatable bonds is 6. The Balaban J connectivity index is 1.96. The minimum Gasteiger partial charge on any atom is -0.497 e. The van der Waals surface area contributed by atoms with Gasteiger partial charge in [-0.05, 0) is 30.7 Å². The van der Waals surface area contributed by atoms with Gasteiger partial charge in [-0.25, -0.2) is 4.79 Å². The van der Waals surface area contributed by atoms with Crippen molar-refractivity contribution < 1.29 is 28.8 Å². The van der Waals surface area contributed by atoms with E-state index in [0.717, 1.165) is 0 Å². The summed E-state index contributed by atoms with van der Waals surface area (Å²) in [7, 11) is 3.00. The third kappa shape index (κ3) is 3.13. The molecule has 0 amide bonds. The summed E-state index contributed by atoms with van der Waals surface area (Å²) >= 11 is 0. The maximum atomic E-state index is 12.3. The predicted molar refractivity (Wildman–Crippen MR) is 90.3 cm³/mol. The van der Waals surface area contributed by atoms with Gasteiger partial charge in [0.15, 0.2) is 6.10 Å². The number of hydrogen-bond acceptors (Lipinski definition) is 6. The van der Waals surface area contributed by atoms with Crippen LogP contribution in [-0.2, 0) is 4.74 Å². The SMILES string of the molecule is CCOc1ccc(C(O)C2OC(=O)c3c(OC)cc(OC)cc32)cc1. The standard InChI is InChI=1S/C19H20O6/c1-4-24-12-7-5-11(6-8-12)17(20)18-14-9-13(22-2)10-15(23-3)16(14)19(21)25-18/h5-10,17-18,20H,4H2,1-3H3. The molecule has 6 heteroatoms. The Bertz CT molecular complexity index is 768. The molecule has 2 unspecified atom stereocenters. The van der Waals surface area contributed by atoms with E-state index in [1.54, 1.807) is 36.4 Å². The van der Waals surface area contributed by atoms with Gasteiger partial charge in [0.1, 0.15) is 28.9 Å². The Morgan fingerprint density at radius 1 is 1.12 bits per heavy atom. The van der Waals surface area contributed by atoms with Gasteiger partial charge >= 0.3 is 5.97 Å². The first-order chi connectivity index (χ1) is 12.1. The molecule has 0 bridgehead atoms. The molecule has 2 atom stereocenters. The molecule has 25 heavy (non-hydrogen) atoms. The molecule has 0 spiro atoms. The number of carbonyl (C=O) groups excluding carboxylic acids is 1. The van der Waals surface area contributed by atoms with E-state index in [2.05, 4.69) is 0 Å². The number of ether oxygens (including phenoxy) is 4. The van der Waals surface area contributed by atoms with E-state index < -0.39 is 18.2 Å². The number of hydrogen-bond donors (Lipinski definition) is 1. The molecule has 0 aromatic heterocycles. The average Bonchev–Trinajstić information content (AvgIpc) is 2.98. The maximum absolute atomic E-state index is 12.3. The molecule has 0 saturated carbocycles. The first-order valence-corrected chi connectivity index (χ1v) is 7.96. The molecule has 1 aliphatic rings. The molecule has 132 valence electrons. The zero-order chi connectivity index (χ0) is 18.0. The van der Waals surface area contributed by atoms with E-state index in [-0.39, 0.29) is 0 Å². The number of cyclic esters (lactones) is 1. The van der Waals surface area contributed by atoms with Crippen molar-refractivity contribution in [3.63, 3.8) is 0 Å². The molecule has 0 radical (unpaired) electrons. The molecule has 1 heterocycles. The highest BCUT2D eigenvalue weighted by molar-refractivity contribution is 5.97. The lowest BCUT2D eigenvalue weighted by atomic mass is 9.96. The van der Waals surface area contributed by atoms with Crippen LogP contribution in [0, 0.1) is 0 Å². The van der Waals surface area contributed by atoms with Crippen LogP contribution in [0.2, 0.25) is 0 Å². The van der Waals surface area contributed by atoms with Crippen molar-refractivity contribution in [1.29, 1.82) is 0 Å². The van der Waals surface area contributed by atoms with Gasteiger partial charge in [0.05, 0.1) is 20.8 Å². The van der Waals surface area contributed by atoms with Crippen molar-refractivity contribution in [2.24, 2.45) is 0 Å². The molecular formula is C19H20O6. The second-order valence-electron chi connectivity index (χ2n) is 5.57. The van der Waals surface area contributed by atoms with Gasteiger partial charge in [-0.15, -0.1) is 0 Å². The topological polar surface area (TPSA) is 74.2 Å². The number of aliphatic hydroxyl groups excluding tert-OH is 1. The van der Waals surface area contributed by atoms with Gasteiger partial charge in [-0.3, -0.25) is 0 Å². The Labute approximate surface area is 145 Å². The van der Waals surface area contributed by atoms with Gasteiger partial charge in [-0.1, -0.05) is 12.1 Å². The molecule has 0 fully saturated rings. The number of methoxy groups -OCH3 is 2. The van der Waals surface area contributed by atoms with Gasteiger partial charge in [0.2, 0.25) is 0 Å². The summed E-state index contributed by atoms with van der Waals surface area (Å²) in [5, 5.41) is 10.7. The lowest BCUT2D eigenvalue weighted by Gasteiger charge is -2.19. The number of aliphatic hydroxyl groups is 1. The summed E-state index contributed by atoms with van der Waals surface area (Å²) in [6.45, 7) is 2.47. The Morgan fingerprint density at radius 2 is 1.84 bits per heavy atom. The van der Waals surface area contributed by atoms with Crippen LogP contribution in [0.25, 0.3) is 0 Å². The highest BCUT2D eigenvalue weighted by Crippen LogP contribution is 2.45. The third-order valence-electron chi connectivity index (χ3n) is 4.13. The molecule has 1 aliphatic heterocycles. The zero-order valence-electron chi connectivity index (χ0n) is 14.3. The lowest BCUT2D eigenvalue weighted by Crippen LogP contribution is -2.11. The first kappa shape index (κ1) is 17.1. The van der Waals surface area contributed by atoms with Crippen LogP contribution in [-0.4, -0.2) is 31.9 Å². The normalized spacial score (nSPS) is 16.8. The summed E-state index contributed by atoms with van der Waals surface area (Å²) in [5.41, 5.74) is 1.48. The monoisotopic (exact) mass is 344 g/mol. The second-order valence-corrected chi connectivity index (χ2v) is 5.57. The zero-order valence-corrected chi connectivity index (χ0v) is 14.3. The number of fused-ring (bicyclic) bond motifs is 1. The van der Waals surface area contributed by atoms with Gasteiger partial charge < -0.3 is 24.1 Å². The van der Waals surface area contributed by atoms with E-state index in [0.29, 0.717) is 40.5 Å². The highest BCUT2D eigenvalue weighted by atomic mass is 16.6. The van der Waals surface area contributed by atoms with Crippen molar-refractivity contribution in [3.8, 4) is 17.2 Å². The highest BCUT2D eigenvalue weighted by Gasteiger charge is 2.39. The number of esters is 1. The summed E-state index contributed by atoms with van der Waals surface area (Å²) in [6.07, 6.45) is -1.85. The molecule has 1 N–H and O–H groups in total. The average molecular weight is 344 g/mol. The van der Waals surface area contributed by atoms with Crippen LogP contribution in [0.4, 0.5) is 0 Å². The fourth-order valence-electron chi connectivity index (χ4n) is 2.91. The van der Waals surface area contributed by atoms with Gasteiger partial charge in [-0.2, -0.15) is 0 Å². The largest absolute Gasteiger partial charge is 0.497 e. The third-order valence-corrected chi connectivity index (χ3v) is 4.13. The summed E-state index contributed by atoms with van der Waals surface area (Å²) < 4.78 is 21.3. The molecule has 0 aliphatic carbocycles. The van der Waals surface area contributed by atoms with E-state index in [1.165, 1.54) is 14.2 Å². The van der Waals surface area contributed by atoms with Crippen molar-refractivity contribution >= 4 is 5.97 Å². The van der Waals surface area contributed by atoms with E-state index >= 15 is 0 Å². The maximum Gasteiger partial charge on any atom is 0.343 e. The van der Waals surface area contributed by atoms with Gasteiger partial charge in [0.25, 0.3) is 0 Å². The fraction of sp³-hybridized carbons (Fsp3) is 0.316. The fourth-order valence-corrected chi connectivity index (χ4v) is 2.91. The van der Waals surface area contributed by atoms with Crippen molar-refractivity contribution in [3.05, 3.63) is 53.1 Å². The van der Waals surface area contributed by atoms with Crippen LogP contribution < -0.4 is 14.2 Å². The minimum absolute atomic E-state index is 0.318. The first-order valence-electron chi connectivity index (χ1n) is 7.96. The molecule has 6 nitrogen and oxygen atoms in total. The number of carbonyl (C=O) groups is 1. The van der Waals surface area contributed by atoms with Crippen LogP contribution in [0.15, 0.2) is 36.4 Å². The Kier molecular flexibility index (Phi) is 4.81. The van der Waals surface area contributed by atoms with Crippen LogP contribution in [0.1, 0.15) is 40.6 Å². The predicted octanol–water partition coefficient (Wildman–Crippen LogP) is 3.05. The van der Waals surface area contributed by atoms with Crippen LogP contribution in [0.5, 0.6) is 17.2 Å². The van der Waals surface area contributed by atoms with Crippen molar-refractivity contribution in [2.75, 3.05) is 20.8 Å². The number of benzene rings is 2. The van der Waals surface area contributed by atoms with Gasteiger partial charge in [0, 0.05) is 11.6 Å². The molecular weight excluding hydrogens is 324 g/mol. The molecule has 3 rings (SSSR count). The molecule has 0 saturated heterocycles. The summed E-state index contributed by atoms with van der Waals surface area (Å²) in [5.74, 6) is 1.08. The Hall–Kier alpha value is -2.73. The molecule has 2 aromatic rings. The quantitative estimate of drug-likeness (QED) is 0.812. The van der Waals surface area contributed by atoms with E-state index in [1.807, 2.05) is 6.92 Å². The van der Waals surface area contributed by atoms with Crippen molar-refractivity contribution in [1.82, 2.24) is 0 Å². The van der Waals surface area contributed by atoms with Crippen LogP contribution >= 0.6 is 0 Å².